The van der Waals surface area contributed by atoms with Crippen molar-refractivity contribution in [3.05, 3.63) is 71.5 Å². The molecule has 3 aromatic rings. The van der Waals surface area contributed by atoms with Crippen LogP contribution in [0.2, 0.25) is 0 Å². The Kier molecular flexibility index (Phi) is 7.44. The van der Waals surface area contributed by atoms with E-state index in [1.54, 1.807) is 6.33 Å². The van der Waals surface area contributed by atoms with Gasteiger partial charge in [-0.3, -0.25) is 5.01 Å². The summed E-state index contributed by atoms with van der Waals surface area (Å²) in [5, 5.41) is 9.86. The maximum absolute atomic E-state index is 6.19. The Morgan fingerprint density at radius 1 is 1.20 bits per heavy atom. The minimum Gasteiger partial charge on any atom is -0.457 e. The van der Waals surface area contributed by atoms with Crippen LogP contribution >= 0.6 is 0 Å². The zero-order valence-electron chi connectivity index (χ0n) is 21.4. The predicted octanol–water partition coefficient (Wildman–Crippen LogP) is 6.46. The molecule has 1 unspecified atom stereocenters. The lowest BCUT2D eigenvalue weighted by atomic mass is 10.1. The van der Waals surface area contributed by atoms with Crippen molar-refractivity contribution in [1.29, 1.82) is 0 Å². The zero-order chi connectivity index (χ0) is 24.9. The first-order valence-corrected chi connectivity index (χ1v) is 12.2. The fraction of sp³-hybridized carbons (Fsp3) is 0.357. The third kappa shape index (κ3) is 5.85. The molecule has 7 nitrogen and oxygen atoms in total. The van der Waals surface area contributed by atoms with Gasteiger partial charge in [-0.05, 0) is 80.7 Å². The lowest BCUT2D eigenvalue weighted by Gasteiger charge is -2.25. The first-order valence-electron chi connectivity index (χ1n) is 12.2. The van der Waals surface area contributed by atoms with Crippen LogP contribution in [0.1, 0.15) is 50.9 Å². The van der Waals surface area contributed by atoms with E-state index >= 15 is 0 Å². The molecule has 1 N–H and O–H groups in total. The van der Waals surface area contributed by atoms with E-state index in [0.29, 0.717) is 11.7 Å². The topological polar surface area (TPSA) is 75.5 Å². The number of hydrogen-bond donors (Lipinski definition) is 1. The molecule has 4 rings (SSSR count). The van der Waals surface area contributed by atoms with E-state index in [2.05, 4.69) is 66.3 Å². The molecule has 0 spiro atoms. The normalized spacial score (nSPS) is 15.8. The molecule has 1 atom stereocenters. The highest BCUT2D eigenvalue weighted by molar-refractivity contribution is 5.87. The van der Waals surface area contributed by atoms with Gasteiger partial charge in [0, 0.05) is 23.8 Å². The molecule has 7 heteroatoms. The molecular formula is C28H34N6O. The fourth-order valence-corrected chi connectivity index (χ4v) is 3.91. The van der Waals surface area contributed by atoms with Gasteiger partial charge in [0.05, 0.1) is 11.6 Å². The molecule has 182 valence electrons. The largest absolute Gasteiger partial charge is 0.457 e. The van der Waals surface area contributed by atoms with Gasteiger partial charge >= 0.3 is 0 Å². The Morgan fingerprint density at radius 3 is 2.74 bits per heavy atom. The van der Waals surface area contributed by atoms with Crippen LogP contribution in [0.15, 0.2) is 59.8 Å². The number of hydrazone groups is 1. The lowest BCUT2D eigenvalue weighted by Crippen LogP contribution is -2.25. The van der Waals surface area contributed by atoms with Crippen LogP contribution in [0.3, 0.4) is 0 Å². The van der Waals surface area contributed by atoms with Gasteiger partial charge in [-0.1, -0.05) is 27.2 Å². The Hall–Kier alpha value is -3.74. The number of hydrogen-bond acceptors (Lipinski definition) is 7. The van der Waals surface area contributed by atoms with Crippen molar-refractivity contribution in [1.82, 2.24) is 20.0 Å². The SMILES string of the molecule is CCCc1cc2ncnc(Nc3ccc(OC4=CC(C)N(/N=C\C(C)C)C=C4)c(C)c3)c2nc1C. The molecule has 0 saturated heterocycles. The van der Waals surface area contributed by atoms with Gasteiger partial charge in [-0.15, -0.1) is 0 Å². The van der Waals surface area contributed by atoms with Gasteiger partial charge < -0.3 is 10.1 Å². The molecule has 0 fully saturated rings. The van der Waals surface area contributed by atoms with Gasteiger partial charge in [0.1, 0.15) is 23.4 Å². The highest BCUT2D eigenvalue weighted by Crippen LogP contribution is 2.29. The highest BCUT2D eigenvalue weighted by atomic mass is 16.5. The quantitative estimate of drug-likeness (QED) is 0.381. The van der Waals surface area contributed by atoms with Crippen LogP contribution in [0, 0.1) is 19.8 Å². The van der Waals surface area contributed by atoms with E-state index in [9.17, 15) is 0 Å². The van der Waals surface area contributed by atoms with Gasteiger partial charge in [0.15, 0.2) is 5.82 Å². The zero-order valence-corrected chi connectivity index (χ0v) is 21.4. The van der Waals surface area contributed by atoms with Gasteiger partial charge in [0.25, 0.3) is 0 Å². The summed E-state index contributed by atoms with van der Waals surface area (Å²) in [6, 6.07) is 8.26. The molecule has 1 aliphatic rings. The molecule has 0 bridgehead atoms. The lowest BCUT2D eigenvalue weighted by molar-refractivity contribution is 0.329. The van der Waals surface area contributed by atoms with E-state index in [-0.39, 0.29) is 6.04 Å². The minimum absolute atomic E-state index is 0.117. The molecule has 35 heavy (non-hydrogen) atoms. The van der Waals surface area contributed by atoms with Gasteiger partial charge in [0.2, 0.25) is 0 Å². The second kappa shape index (κ2) is 10.7. The van der Waals surface area contributed by atoms with Gasteiger partial charge in [-0.2, -0.15) is 5.10 Å². The van der Waals surface area contributed by atoms with Crippen LogP contribution in [0.4, 0.5) is 11.5 Å². The summed E-state index contributed by atoms with van der Waals surface area (Å²) in [7, 11) is 0. The van der Waals surface area contributed by atoms with Crippen molar-refractivity contribution in [3.8, 4) is 5.75 Å². The first kappa shape index (κ1) is 24.4. The number of nitrogens with one attached hydrogen (secondary N) is 1. The number of allylic oxidation sites excluding steroid dienone is 1. The number of anilines is 2. The number of ether oxygens (including phenoxy) is 1. The molecule has 0 radical (unpaired) electrons. The summed E-state index contributed by atoms with van der Waals surface area (Å²) in [5.41, 5.74) is 5.82. The van der Waals surface area contributed by atoms with Crippen molar-refractivity contribution in [2.75, 3.05) is 5.32 Å². The van der Waals surface area contributed by atoms with E-state index in [1.165, 1.54) is 5.56 Å². The maximum Gasteiger partial charge on any atom is 0.160 e. The smallest absolute Gasteiger partial charge is 0.160 e. The molecule has 2 aromatic heterocycles. The molecule has 3 heterocycles. The van der Waals surface area contributed by atoms with E-state index < -0.39 is 0 Å². The Balaban J connectivity index is 1.50. The number of benzene rings is 1. The Labute approximate surface area is 207 Å². The summed E-state index contributed by atoms with van der Waals surface area (Å²) < 4.78 is 6.19. The molecular weight excluding hydrogens is 436 g/mol. The Morgan fingerprint density at radius 2 is 2.03 bits per heavy atom. The third-order valence-corrected chi connectivity index (χ3v) is 5.80. The number of fused-ring (bicyclic) bond motifs is 1. The summed E-state index contributed by atoms with van der Waals surface area (Å²) in [6.45, 7) is 12.6. The number of aryl methyl sites for hydroxylation is 3. The molecule has 0 amide bonds. The number of nitrogens with zero attached hydrogens (tertiary/aromatic N) is 5. The number of pyridine rings is 1. The summed E-state index contributed by atoms with van der Waals surface area (Å²) >= 11 is 0. The summed E-state index contributed by atoms with van der Waals surface area (Å²) in [4.78, 5) is 13.7. The van der Waals surface area contributed by atoms with Crippen LogP contribution in [-0.2, 0) is 6.42 Å². The third-order valence-electron chi connectivity index (χ3n) is 5.80. The summed E-state index contributed by atoms with van der Waals surface area (Å²) in [5.74, 6) is 2.72. The average Bonchev–Trinajstić information content (AvgIpc) is 2.81. The molecule has 0 aliphatic carbocycles. The van der Waals surface area contributed by atoms with Crippen molar-refractivity contribution in [2.45, 2.75) is 60.4 Å². The van der Waals surface area contributed by atoms with Crippen LogP contribution in [0.25, 0.3) is 11.0 Å². The second-order valence-electron chi connectivity index (χ2n) is 9.29. The average molecular weight is 471 g/mol. The first-order chi connectivity index (χ1) is 16.8. The van der Waals surface area contributed by atoms with Gasteiger partial charge in [-0.25, -0.2) is 15.0 Å². The van der Waals surface area contributed by atoms with Crippen molar-refractivity contribution < 1.29 is 4.74 Å². The van der Waals surface area contributed by atoms with E-state index in [1.807, 2.05) is 49.5 Å². The maximum atomic E-state index is 6.19. The van der Waals surface area contributed by atoms with E-state index in [0.717, 1.165) is 52.3 Å². The molecule has 1 aromatic carbocycles. The minimum atomic E-state index is 0.117. The molecule has 0 saturated carbocycles. The van der Waals surface area contributed by atoms with Crippen molar-refractivity contribution >= 4 is 28.8 Å². The monoisotopic (exact) mass is 470 g/mol. The number of rotatable bonds is 8. The fourth-order valence-electron chi connectivity index (χ4n) is 3.91. The predicted molar refractivity (Wildman–Crippen MR) is 143 cm³/mol. The highest BCUT2D eigenvalue weighted by Gasteiger charge is 2.15. The standard InChI is InChI=1S/C28H34N6O/c1-7-8-22-15-25-27(32-21(22)6)28(30-17-29-25)33-23-9-10-26(19(4)13-23)35-24-11-12-34(20(5)14-24)31-16-18(2)3/h9-18,20H,7-8H2,1-6H3,(H,29,30,33)/b31-16-. The van der Waals surface area contributed by atoms with E-state index in [4.69, 9.17) is 9.72 Å². The summed E-state index contributed by atoms with van der Waals surface area (Å²) in [6.07, 6.45) is 11.6. The van der Waals surface area contributed by atoms with Crippen LogP contribution < -0.4 is 10.1 Å². The second-order valence-corrected chi connectivity index (χ2v) is 9.29. The van der Waals surface area contributed by atoms with Crippen molar-refractivity contribution in [3.63, 3.8) is 0 Å². The number of aromatic nitrogens is 3. The Bertz CT molecular complexity index is 1290. The van der Waals surface area contributed by atoms with Crippen molar-refractivity contribution in [2.24, 2.45) is 11.0 Å². The van der Waals surface area contributed by atoms with Crippen LogP contribution in [-0.4, -0.2) is 32.2 Å². The van der Waals surface area contributed by atoms with Crippen LogP contribution in [0.5, 0.6) is 5.75 Å². The molecule has 1 aliphatic heterocycles.